The summed E-state index contributed by atoms with van der Waals surface area (Å²) in [6.45, 7) is 3.26. The molecule has 0 aromatic heterocycles. The number of piperazine rings is 1. The van der Waals surface area contributed by atoms with E-state index < -0.39 is 0 Å². The first kappa shape index (κ1) is 10.2. The van der Waals surface area contributed by atoms with Crippen LogP contribution in [-0.2, 0) is 0 Å². The Balaban J connectivity index is 2.44. The van der Waals surface area contributed by atoms with Crippen LogP contribution in [0.2, 0.25) is 0 Å². The van der Waals surface area contributed by atoms with E-state index in [1.165, 1.54) is 5.12 Å². The highest BCUT2D eigenvalue weighted by atomic mass is 16.2. The average Bonchev–Trinajstić information content (AvgIpc) is 2.21. The van der Waals surface area contributed by atoms with E-state index in [1.807, 2.05) is 0 Å². The van der Waals surface area contributed by atoms with Crippen molar-refractivity contribution >= 4 is 6.03 Å². The summed E-state index contributed by atoms with van der Waals surface area (Å²) in [7, 11) is 3.41. The summed E-state index contributed by atoms with van der Waals surface area (Å²) in [6, 6.07) is -0.0356. The van der Waals surface area contributed by atoms with E-state index in [4.69, 9.17) is 0 Å². The summed E-state index contributed by atoms with van der Waals surface area (Å²) in [5.74, 6) is 0. The molecule has 1 fully saturated rings. The lowest BCUT2D eigenvalue weighted by molar-refractivity contribution is 0.107. The van der Waals surface area contributed by atoms with Crippen LogP contribution in [0.15, 0.2) is 0 Å². The molecular formula is C7H17N5O. The SMILES string of the molecule is CNN(NC)C(=O)N1CCNCC1. The number of carbonyl (C=O) groups is 1. The zero-order chi connectivity index (χ0) is 9.68. The van der Waals surface area contributed by atoms with Gasteiger partial charge in [-0.2, -0.15) is 5.12 Å². The highest BCUT2D eigenvalue weighted by Crippen LogP contribution is 1.95. The molecule has 6 heteroatoms. The lowest BCUT2D eigenvalue weighted by Gasteiger charge is -2.31. The van der Waals surface area contributed by atoms with Crippen molar-refractivity contribution in [2.75, 3.05) is 40.3 Å². The van der Waals surface area contributed by atoms with Crippen LogP contribution in [0.3, 0.4) is 0 Å². The van der Waals surface area contributed by atoms with Gasteiger partial charge in [-0.3, -0.25) is 0 Å². The van der Waals surface area contributed by atoms with E-state index in [0.717, 1.165) is 26.2 Å². The Morgan fingerprint density at radius 1 is 1.31 bits per heavy atom. The molecule has 0 aromatic rings. The molecule has 0 atom stereocenters. The standard InChI is InChI=1S/C7H17N5O/c1-8-12(9-2)7(13)11-5-3-10-4-6-11/h8-10H,3-6H2,1-2H3. The zero-order valence-corrected chi connectivity index (χ0v) is 8.13. The summed E-state index contributed by atoms with van der Waals surface area (Å²) in [4.78, 5) is 13.5. The summed E-state index contributed by atoms with van der Waals surface area (Å²) < 4.78 is 0. The van der Waals surface area contributed by atoms with Crippen LogP contribution in [0.5, 0.6) is 0 Å². The number of carbonyl (C=O) groups excluding carboxylic acids is 1. The van der Waals surface area contributed by atoms with Crippen molar-refractivity contribution in [1.82, 2.24) is 26.2 Å². The van der Waals surface area contributed by atoms with Crippen molar-refractivity contribution in [3.05, 3.63) is 0 Å². The van der Waals surface area contributed by atoms with Crippen molar-refractivity contribution in [2.24, 2.45) is 0 Å². The van der Waals surface area contributed by atoms with Gasteiger partial charge in [0.1, 0.15) is 0 Å². The van der Waals surface area contributed by atoms with Gasteiger partial charge in [0.25, 0.3) is 0 Å². The molecule has 1 aliphatic rings. The van der Waals surface area contributed by atoms with E-state index >= 15 is 0 Å². The molecule has 0 radical (unpaired) electrons. The van der Waals surface area contributed by atoms with Crippen molar-refractivity contribution in [1.29, 1.82) is 0 Å². The Bertz CT molecular complexity index is 164. The normalized spacial score (nSPS) is 17.2. The van der Waals surface area contributed by atoms with Gasteiger partial charge < -0.3 is 10.2 Å². The van der Waals surface area contributed by atoms with Crippen LogP contribution < -0.4 is 16.2 Å². The molecule has 76 valence electrons. The highest BCUT2D eigenvalue weighted by molar-refractivity contribution is 5.73. The molecule has 0 unspecified atom stereocenters. The number of hydrogen-bond donors (Lipinski definition) is 3. The second-order valence-corrected chi connectivity index (χ2v) is 2.80. The van der Waals surface area contributed by atoms with E-state index in [-0.39, 0.29) is 6.03 Å². The molecule has 6 nitrogen and oxygen atoms in total. The lowest BCUT2D eigenvalue weighted by Crippen LogP contribution is -2.57. The summed E-state index contributed by atoms with van der Waals surface area (Å²) >= 11 is 0. The van der Waals surface area contributed by atoms with Crippen LogP contribution >= 0.6 is 0 Å². The number of nitrogens with zero attached hydrogens (tertiary/aromatic N) is 2. The van der Waals surface area contributed by atoms with Gasteiger partial charge in [-0.1, -0.05) is 0 Å². The molecular weight excluding hydrogens is 170 g/mol. The summed E-state index contributed by atoms with van der Waals surface area (Å²) in [6.07, 6.45) is 0. The van der Waals surface area contributed by atoms with E-state index in [2.05, 4.69) is 16.2 Å². The molecule has 0 bridgehead atoms. The van der Waals surface area contributed by atoms with Crippen LogP contribution in [-0.4, -0.2) is 56.3 Å². The summed E-state index contributed by atoms with van der Waals surface area (Å²) in [5, 5.41) is 4.56. The van der Waals surface area contributed by atoms with E-state index in [0.29, 0.717) is 0 Å². The van der Waals surface area contributed by atoms with Crippen LogP contribution in [0.4, 0.5) is 4.79 Å². The Hall–Kier alpha value is -0.850. The third kappa shape index (κ3) is 2.55. The Kier molecular flexibility index (Phi) is 3.94. The fraction of sp³-hybridized carbons (Fsp3) is 0.857. The third-order valence-electron chi connectivity index (χ3n) is 2.03. The molecule has 1 rings (SSSR count). The largest absolute Gasteiger partial charge is 0.349 e. The van der Waals surface area contributed by atoms with Crippen molar-refractivity contribution in [2.45, 2.75) is 0 Å². The number of nitrogens with one attached hydrogen (secondary N) is 3. The number of rotatable bonds is 2. The second-order valence-electron chi connectivity index (χ2n) is 2.80. The van der Waals surface area contributed by atoms with Gasteiger partial charge in [-0.05, 0) is 0 Å². The topological polar surface area (TPSA) is 59.6 Å². The minimum absolute atomic E-state index is 0.0356. The second kappa shape index (κ2) is 5.00. The molecule has 2 amide bonds. The predicted octanol–water partition coefficient (Wildman–Crippen LogP) is -1.42. The maximum Gasteiger partial charge on any atom is 0.349 e. The van der Waals surface area contributed by atoms with E-state index in [1.54, 1.807) is 19.0 Å². The molecule has 13 heavy (non-hydrogen) atoms. The molecule has 1 heterocycles. The maximum atomic E-state index is 11.7. The minimum atomic E-state index is -0.0356. The first-order valence-corrected chi connectivity index (χ1v) is 4.44. The van der Waals surface area contributed by atoms with Gasteiger partial charge in [-0.15, -0.1) is 0 Å². The number of urea groups is 1. The zero-order valence-electron chi connectivity index (χ0n) is 8.13. The van der Waals surface area contributed by atoms with Crippen LogP contribution in [0, 0.1) is 0 Å². The molecule has 0 aliphatic carbocycles. The van der Waals surface area contributed by atoms with Gasteiger partial charge in [0.05, 0.1) is 0 Å². The van der Waals surface area contributed by atoms with Crippen molar-refractivity contribution < 1.29 is 4.79 Å². The van der Waals surface area contributed by atoms with Gasteiger partial charge >= 0.3 is 6.03 Å². The summed E-state index contributed by atoms with van der Waals surface area (Å²) in [5.41, 5.74) is 5.52. The predicted molar refractivity (Wildman–Crippen MR) is 49.8 cm³/mol. The molecule has 3 N–H and O–H groups in total. The van der Waals surface area contributed by atoms with Crippen LogP contribution in [0.1, 0.15) is 0 Å². The van der Waals surface area contributed by atoms with E-state index in [9.17, 15) is 4.79 Å². The molecule has 0 spiro atoms. The van der Waals surface area contributed by atoms with Crippen LogP contribution in [0.25, 0.3) is 0 Å². The molecule has 1 saturated heterocycles. The maximum absolute atomic E-state index is 11.7. The quantitative estimate of drug-likeness (QED) is 0.464. The van der Waals surface area contributed by atoms with Crippen molar-refractivity contribution in [3.63, 3.8) is 0 Å². The Morgan fingerprint density at radius 2 is 1.85 bits per heavy atom. The Morgan fingerprint density at radius 3 is 2.31 bits per heavy atom. The third-order valence-corrected chi connectivity index (χ3v) is 2.03. The lowest BCUT2D eigenvalue weighted by atomic mass is 10.4. The van der Waals surface area contributed by atoms with Gasteiger partial charge in [-0.25, -0.2) is 15.6 Å². The average molecular weight is 187 g/mol. The first-order chi connectivity index (χ1) is 6.29. The fourth-order valence-corrected chi connectivity index (χ4v) is 1.30. The smallest absolute Gasteiger partial charge is 0.320 e. The van der Waals surface area contributed by atoms with Gasteiger partial charge in [0, 0.05) is 40.3 Å². The number of hydrogen-bond acceptors (Lipinski definition) is 4. The Labute approximate surface area is 78.2 Å². The molecule has 1 aliphatic heterocycles. The highest BCUT2D eigenvalue weighted by Gasteiger charge is 2.20. The monoisotopic (exact) mass is 187 g/mol. The minimum Gasteiger partial charge on any atom is -0.320 e. The molecule has 0 aromatic carbocycles. The fourth-order valence-electron chi connectivity index (χ4n) is 1.30. The van der Waals surface area contributed by atoms with Gasteiger partial charge in [0.2, 0.25) is 0 Å². The number of amides is 2. The molecule has 0 saturated carbocycles. The van der Waals surface area contributed by atoms with Gasteiger partial charge in [0.15, 0.2) is 0 Å². The first-order valence-electron chi connectivity index (χ1n) is 4.44. The number of hydrazine groups is 2. The van der Waals surface area contributed by atoms with Crippen molar-refractivity contribution in [3.8, 4) is 0 Å².